The van der Waals surface area contributed by atoms with E-state index < -0.39 is 0 Å². The maximum absolute atomic E-state index is 9.29. The van der Waals surface area contributed by atoms with Crippen LogP contribution in [-0.2, 0) is 9.47 Å². The van der Waals surface area contributed by atoms with Crippen molar-refractivity contribution < 1.29 is 14.6 Å². The van der Waals surface area contributed by atoms with Crippen LogP contribution in [-0.4, -0.2) is 5.11 Å². The molecule has 13 heavy (non-hydrogen) atoms. The third-order valence-corrected chi connectivity index (χ3v) is 1.95. The number of ether oxygens (including phenoxy) is 2. The molecule has 1 aromatic carbocycles. The van der Waals surface area contributed by atoms with Crippen molar-refractivity contribution in [1.29, 1.82) is 0 Å². The van der Waals surface area contributed by atoms with E-state index in [1.165, 1.54) is 12.5 Å². The average molecular weight is 178 g/mol. The molecule has 0 saturated carbocycles. The lowest BCUT2D eigenvalue weighted by atomic mass is 10.1. The van der Waals surface area contributed by atoms with E-state index in [2.05, 4.69) is 0 Å². The molecule has 1 aromatic rings. The van der Waals surface area contributed by atoms with Crippen molar-refractivity contribution in [3.05, 3.63) is 41.9 Å². The number of hydrogen-bond acceptors (Lipinski definition) is 3. The van der Waals surface area contributed by atoms with Crippen LogP contribution >= 0.6 is 0 Å². The fourth-order valence-corrected chi connectivity index (χ4v) is 1.22. The zero-order valence-electron chi connectivity index (χ0n) is 7.23. The van der Waals surface area contributed by atoms with Gasteiger partial charge in [-0.15, -0.1) is 0 Å². The zero-order chi connectivity index (χ0) is 9.26. The van der Waals surface area contributed by atoms with Gasteiger partial charge in [-0.2, -0.15) is 0 Å². The van der Waals surface area contributed by atoms with Gasteiger partial charge in [-0.1, -0.05) is 0 Å². The summed E-state index contributed by atoms with van der Waals surface area (Å²) in [6, 6.07) is 5.25. The Bertz CT molecular complexity index is 336. The van der Waals surface area contributed by atoms with Crippen molar-refractivity contribution in [1.82, 2.24) is 0 Å². The molecule has 0 radical (unpaired) electrons. The highest BCUT2D eigenvalue weighted by atomic mass is 16.7. The molecule has 0 spiro atoms. The Morgan fingerprint density at radius 1 is 1.23 bits per heavy atom. The van der Waals surface area contributed by atoms with E-state index in [0.717, 1.165) is 11.1 Å². The Morgan fingerprint density at radius 3 is 2.54 bits per heavy atom. The maximum Gasteiger partial charge on any atom is 0.266 e. The van der Waals surface area contributed by atoms with E-state index >= 15 is 0 Å². The number of phenolic OH excluding ortho intramolecular Hbond substituents is 1. The first-order valence-electron chi connectivity index (χ1n) is 4.03. The predicted molar refractivity (Wildman–Crippen MR) is 46.9 cm³/mol. The number of aromatic hydroxyl groups is 1. The van der Waals surface area contributed by atoms with Gasteiger partial charge in [0.05, 0.1) is 0 Å². The number of aryl methyl sites for hydroxylation is 1. The molecule has 0 bridgehead atoms. The molecule has 0 unspecified atom stereocenters. The van der Waals surface area contributed by atoms with Crippen LogP contribution in [0, 0.1) is 6.92 Å². The van der Waals surface area contributed by atoms with Crippen molar-refractivity contribution in [3.8, 4) is 5.75 Å². The Hall–Kier alpha value is -1.64. The highest BCUT2D eigenvalue weighted by Crippen LogP contribution is 2.27. The van der Waals surface area contributed by atoms with E-state index in [0.29, 0.717) is 0 Å². The van der Waals surface area contributed by atoms with Crippen molar-refractivity contribution in [2.75, 3.05) is 0 Å². The van der Waals surface area contributed by atoms with Crippen molar-refractivity contribution in [2.45, 2.75) is 13.2 Å². The molecule has 68 valence electrons. The maximum atomic E-state index is 9.29. The predicted octanol–water partition coefficient (Wildman–Crippen LogP) is 2.22. The smallest absolute Gasteiger partial charge is 0.266 e. The summed E-state index contributed by atoms with van der Waals surface area (Å²) in [7, 11) is 0. The number of hydrogen-bond donors (Lipinski definition) is 1. The summed E-state index contributed by atoms with van der Waals surface area (Å²) in [6.45, 7) is 1.83. The van der Waals surface area contributed by atoms with Gasteiger partial charge in [0.15, 0.2) is 0 Å². The molecular weight excluding hydrogens is 168 g/mol. The van der Waals surface area contributed by atoms with E-state index in [1.54, 1.807) is 12.1 Å². The van der Waals surface area contributed by atoms with Crippen LogP contribution in [0.5, 0.6) is 5.75 Å². The SMILES string of the molecule is Cc1cc(C2OC=CO2)ccc1O. The summed E-state index contributed by atoms with van der Waals surface area (Å²) in [5, 5.41) is 9.29. The molecule has 0 aliphatic carbocycles. The lowest BCUT2D eigenvalue weighted by Gasteiger charge is -2.11. The van der Waals surface area contributed by atoms with Gasteiger partial charge < -0.3 is 14.6 Å². The lowest BCUT2D eigenvalue weighted by molar-refractivity contribution is -0.0246. The molecule has 1 aliphatic heterocycles. The molecule has 0 amide bonds. The van der Waals surface area contributed by atoms with Gasteiger partial charge in [0, 0.05) is 5.56 Å². The molecule has 3 nitrogen and oxygen atoms in total. The van der Waals surface area contributed by atoms with Gasteiger partial charge >= 0.3 is 0 Å². The minimum atomic E-state index is -0.362. The fraction of sp³-hybridized carbons (Fsp3) is 0.200. The fourth-order valence-electron chi connectivity index (χ4n) is 1.22. The highest BCUT2D eigenvalue weighted by Gasteiger charge is 2.15. The first-order valence-corrected chi connectivity index (χ1v) is 4.03. The second-order valence-corrected chi connectivity index (χ2v) is 2.92. The summed E-state index contributed by atoms with van der Waals surface area (Å²) in [5.41, 5.74) is 1.72. The van der Waals surface area contributed by atoms with Gasteiger partial charge in [0.25, 0.3) is 6.29 Å². The molecule has 3 heteroatoms. The molecule has 0 fully saturated rings. The van der Waals surface area contributed by atoms with Crippen LogP contribution < -0.4 is 0 Å². The average Bonchev–Trinajstić information content (AvgIpc) is 2.62. The summed E-state index contributed by atoms with van der Waals surface area (Å²) < 4.78 is 10.3. The van der Waals surface area contributed by atoms with Crippen LogP contribution in [0.25, 0.3) is 0 Å². The largest absolute Gasteiger partial charge is 0.508 e. The van der Waals surface area contributed by atoms with Crippen LogP contribution in [0.15, 0.2) is 30.7 Å². The monoisotopic (exact) mass is 178 g/mol. The van der Waals surface area contributed by atoms with Crippen molar-refractivity contribution in [3.63, 3.8) is 0 Å². The number of benzene rings is 1. The summed E-state index contributed by atoms with van der Waals surface area (Å²) >= 11 is 0. The Balaban J connectivity index is 2.26. The number of rotatable bonds is 1. The second kappa shape index (κ2) is 3.01. The minimum Gasteiger partial charge on any atom is -0.508 e. The third-order valence-electron chi connectivity index (χ3n) is 1.95. The van der Waals surface area contributed by atoms with E-state index in [-0.39, 0.29) is 12.0 Å². The molecule has 1 N–H and O–H groups in total. The zero-order valence-corrected chi connectivity index (χ0v) is 7.23. The van der Waals surface area contributed by atoms with Gasteiger partial charge in [-0.25, -0.2) is 0 Å². The van der Waals surface area contributed by atoms with Gasteiger partial charge in [0.1, 0.15) is 18.3 Å². The van der Waals surface area contributed by atoms with Crippen LogP contribution in [0.4, 0.5) is 0 Å². The molecular formula is C10H10O3. The normalized spacial score (nSPS) is 15.5. The van der Waals surface area contributed by atoms with Crippen molar-refractivity contribution in [2.24, 2.45) is 0 Å². The summed E-state index contributed by atoms with van der Waals surface area (Å²) in [6.07, 6.45) is 2.65. The quantitative estimate of drug-likeness (QED) is 0.716. The lowest BCUT2D eigenvalue weighted by Crippen LogP contribution is -1.97. The van der Waals surface area contributed by atoms with Gasteiger partial charge in [-0.05, 0) is 30.7 Å². The molecule has 2 rings (SSSR count). The van der Waals surface area contributed by atoms with Gasteiger partial charge in [0.2, 0.25) is 0 Å². The molecule has 1 aliphatic rings. The Kier molecular flexibility index (Phi) is 1.85. The highest BCUT2D eigenvalue weighted by molar-refractivity contribution is 5.35. The Morgan fingerprint density at radius 2 is 1.92 bits per heavy atom. The van der Waals surface area contributed by atoms with Gasteiger partial charge in [-0.3, -0.25) is 0 Å². The molecule has 0 atom stereocenters. The summed E-state index contributed by atoms with van der Waals surface area (Å²) in [4.78, 5) is 0. The van der Waals surface area contributed by atoms with Crippen LogP contribution in [0.3, 0.4) is 0 Å². The Labute approximate surface area is 76.2 Å². The molecule has 0 saturated heterocycles. The molecule has 1 heterocycles. The van der Waals surface area contributed by atoms with Crippen molar-refractivity contribution >= 4 is 0 Å². The first-order chi connectivity index (χ1) is 6.27. The van der Waals surface area contributed by atoms with Crippen LogP contribution in [0.2, 0.25) is 0 Å². The first kappa shape index (κ1) is 7.98. The standard InChI is InChI=1S/C10H10O3/c1-7-6-8(2-3-9(7)11)10-12-4-5-13-10/h2-6,10-11H,1H3. The van der Waals surface area contributed by atoms with E-state index in [1.807, 2.05) is 13.0 Å². The van der Waals surface area contributed by atoms with Crippen LogP contribution in [0.1, 0.15) is 17.4 Å². The second-order valence-electron chi connectivity index (χ2n) is 2.92. The van der Waals surface area contributed by atoms with E-state index in [4.69, 9.17) is 9.47 Å². The number of phenols is 1. The van der Waals surface area contributed by atoms with E-state index in [9.17, 15) is 5.11 Å². The molecule has 0 aromatic heterocycles. The topological polar surface area (TPSA) is 38.7 Å². The third kappa shape index (κ3) is 1.45. The summed E-state index contributed by atoms with van der Waals surface area (Å²) in [5.74, 6) is 0.287. The minimum absolute atomic E-state index is 0.287.